The third kappa shape index (κ3) is 3.32. The molecule has 0 radical (unpaired) electrons. The van der Waals surface area contributed by atoms with E-state index in [4.69, 9.17) is 0 Å². The topological polar surface area (TPSA) is 90.5 Å². The van der Waals surface area contributed by atoms with E-state index in [0.29, 0.717) is 18.1 Å². The fourth-order valence-corrected chi connectivity index (χ4v) is 2.52. The largest absolute Gasteiger partial charge is 0.349 e. The average Bonchev–Trinajstić information content (AvgIpc) is 3.22. The van der Waals surface area contributed by atoms with Crippen molar-refractivity contribution in [1.29, 1.82) is 0 Å². The Labute approximate surface area is 139 Å². The van der Waals surface area contributed by atoms with Gasteiger partial charge in [-0.25, -0.2) is 4.98 Å². The van der Waals surface area contributed by atoms with Crippen molar-refractivity contribution in [2.75, 3.05) is 6.54 Å². The number of carbonyl (C=O) groups is 1. The Bertz CT molecular complexity index is 838. The van der Waals surface area contributed by atoms with Gasteiger partial charge in [0.05, 0.1) is 11.7 Å². The van der Waals surface area contributed by atoms with Crippen molar-refractivity contribution in [2.24, 2.45) is 0 Å². The molecule has 0 aromatic carbocycles. The van der Waals surface area contributed by atoms with Crippen LogP contribution < -0.4 is 5.32 Å². The first-order valence-corrected chi connectivity index (χ1v) is 7.67. The molecule has 0 aliphatic carbocycles. The van der Waals surface area contributed by atoms with Crippen LogP contribution in [0.2, 0.25) is 0 Å². The van der Waals surface area contributed by atoms with E-state index >= 15 is 0 Å². The van der Waals surface area contributed by atoms with E-state index in [2.05, 4.69) is 25.6 Å². The standard InChI is InChI=1S/C16H19N7O/c1-11-7-12(2)23(21-11)13(3)8-17-16(24)14-5-4-6-15(20-14)22-9-18-19-10-22/h4-7,9-10,13H,8H2,1-3H3,(H,17,24)/t13-/m0/s1. The van der Waals surface area contributed by atoms with Gasteiger partial charge < -0.3 is 5.32 Å². The Hall–Kier alpha value is -3.03. The molecule has 1 amide bonds. The van der Waals surface area contributed by atoms with E-state index in [0.717, 1.165) is 11.4 Å². The van der Waals surface area contributed by atoms with Crippen molar-refractivity contribution in [2.45, 2.75) is 26.8 Å². The number of rotatable bonds is 5. The van der Waals surface area contributed by atoms with Crippen molar-refractivity contribution in [3.05, 3.63) is 54.0 Å². The van der Waals surface area contributed by atoms with E-state index in [-0.39, 0.29) is 11.9 Å². The number of aromatic nitrogens is 6. The van der Waals surface area contributed by atoms with Crippen LogP contribution in [0.4, 0.5) is 0 Å². The first-order valence-electron chi connectivity index (χ1n) is 7.67. The molecule has 8 heteroatoms. The fraction of sp³-hybridized carbons (Fsp3) is 0.312. The van der Waals surface area contributed by atoms with Crippen molar-refractivity contribution in [3.8, 4) is 5.82 Å². The Balaban J connectivity index is 1.67. The second-order valence-corrected chi connectivity index (χ2v) is 5.68. The molecule has 3 aromatic heterocycles. The Morgan fingerprint density at radius 2 is 2.00 bits per heavy atom. The van der Waals surface area contributed by atoms with Gasteiger partial charge in [-0.1, -0.05) is 6.07 Å². The second-order valence-electron chi connectivity index (χ2n) is 5.68. The van der Waals surface area contributed by atoms with Crippen LogP contribution in [0.15, 0.2) is 36.9 Å². The van der Waals surface area contributed by atoms with Gasteiger partial charge in [0, 0.05) is 12.2 Å². The Morgan fingerprint density at radius 1 is 1.25 bits per heavy atom. The molecule has 3 heterocycles. The highest BCUT2D eigenvalue weighted by molar-refractivity contribution is 5.92. The van der Waals surface area contributed by atoms with Crippen LogP contribution in [-0.2, 0) is 0 Å². The van der Waals surface area contributed by atoms with Crippen molar-refractivity contribution >= 4 is 5.91 Å². The minimum absolute atomic E-state index is 0.0590. The molecular formula is C16H19N7O. The molecule has 0 aliphatic heterocycles. The van der Waals surface area contributed by atoms with Crippen LogP contribution >= 0.6 is 0 Å². The molecule has 124 valence electrons. The maximum Gasteiger partial charge on any atom is 0.270 e. The van der Waals surface area contributed by atoms with Gasteiger partial charge in [-0.05, 0) is 39.0 Å². The monoisotopic (exact) mass is 325 g/mol. The van der Waals surface area contributed by atoms with Gasteiger partial charge >= 0.3 is 0 Å². The van der Waals surface area contributed by atoms with E-state index in [1.165, 1.54) is 12.7 Å². The van der Waals surface area contributed by atoms with Gasteiger partial charge in [0.2, 0.25) is 0 Å². The van der Waals surface area contributed by atoms with Crippen LogP contribution in [0.3, 0.4) is 0 Å². The summed E-state index contributed by atoms with van der Waals surface area (Å²) in [6.07, 6.45) is 3.07. The van der Waals surface area contributed by atoms with Crippen molar-refractivity contribution in [1.82, 2.24) is 34.8 Å². The minimum atomic E-state index is -0.224. The molecular weight excluding hydrogens is 306 g/mol. The van der Waals surface area contributed by atoms with Crippen LogP contribution in [0, 0.1) is 13.8 Å². The summed E-state index contributed by atoms with van der Waals surface area (Å²) in [5, 5.41) is 14.8. The number of carbonyl (C=O) groups excluding carboxylic acids is 1. The lowest BCUT2D eigenvalue weighted by atomic mass is 10.3. The zero-order valence-corrected chi connectivity index (χ0v) is 13.8. The summed E-state index contributed by atoms with van der Waals surface area (Å²) in [7, 11) is 0. The number of nitrogens with one attached hydrogen (secondary N) is 1. The molecule has 0 unspecified atom stereocenters. The molecule has 0 saturated heterocycles. The van der Waals surface area contributed by atoms with Gasteiger partial charge in [0.25, 0.3) is 5.91 Å². The molecule has 24 heavy (non-hydrogen) atoms. The van der Waals surface area contributed by atoms with Gasteiger partial charge in [-0.15, -0.1) is 10.2 Å². The number of pyridine rings is 1. The third-order valence-electron chi connectivity index (χ3n) is 3.67. The van der Waals surface area contributed by atoms with Crippen LogP contribution in [0.1, 0.15) is 34.8 Å². The first kappa shape index (κ1) is 15.9. The predicted molar refractivity (Wildman–Crippen MR) is 87.9 cm³/mol. The maximum atomic E-state index is 12.3. The number of amides is 1. The number of hydrogen-bond acceptors (Lipinski definition) is 5. The highest BCUT2D eigenvalue weighted by atomic mass is 16.1. The molecule has 1 N–H and O–H groups in total. The summed E-state index contributed by atoms with van der Waals surface area (Å²) in [6, 6.07) is 7.32. The van der Waals surface area contributed by atoms with E-state index in [1.54, 1.807) is 22.8 Å². The summed E-state index contributed by atoms with van der Waals surface area (Å²) < 4.78 is 3.56. The van der Waals surface area contributed by atoms with Crippen LogP contribution in [0.5, 0.6) is 0 Å². The zero-order chi connectivity index (χ0) is 17.1. The quantitative estimate of drug-likeness (QED) is 0.767. The number of aryl methyl sites for hydroxylation is 2. The lowest BCUT2D eigenvalue weighted by molar-refractivity contribution is 0.0942. The third-order valence-corrected chi connectivity index (χ3v) is 3.67. The molecule has 8 nitrogen and oxygen atoms in total. The van der Waals surface area contributed by atoms with Gasteiger partial charge in [0.15, 0.2) is 0 Å². The van der Waals surface area contributed by atoms with Crippen LogP contribution in [-0.4, -0.2) is 42.0 Å². The zero-order valence-electron chi connectivity index (χ0n) is 13.8. The maximum absolute atomic E-state index is 12.3. The van der Waals surface area contributed by atoms with Gasteiger partial charge in [-0.3, -0.25) is 14.0 Å². The smallest absolute Gasteiger partial charge is 0.270 e. The number of hydrogen-bond donors (Lipinski definition) is 1. The summed E-state index contributed by atoms with van der Waals surface area (Å²) >= 11 is 0. The highest BCUT2D eigenvalue weighted by Gasteiger charge is 2.13. The highest BCUT2D eigenvalue weighted by Crippen LogP contribution is 2.10. The second kappa shape index (κ2) is 6.61. The minimum Gasteiger partial charge on any atom is -0.349 e. The first-order chi connectivity index (χ1) is 11.5. The Morgan fingerprint density at radius 3 is 2.67 bits per heavy atom. The molecule has 0 saturated carbocycles. The summed E-state index contributed by atoms with van der Waals surface area (Å²) in [5.41, 5.74) is 2.39. The molecule has 1 atom stereocenters. The van der Waals surface area contributed by atoms with Gasteiger partial charge in [-0.2, -0.15) is 5.10 Å². The summed E-state index contributed by atoms with van der Waals surface area (Å²) in [6.45, 7) is 6.44. The SMILES string of the molecule is Cc1cc(C)n([C@@H](C)CNC(=O)c2cccc(-n3cnnc3)n2)n1. The fourth-order valence-electron chi connectivity index (χ4n) is 2.52. The normalized spacial score (nSPS) is 12.1. The molecule has 0 spiro atoms. The molecule has 0 fully saturated rings. The predicted octanol–water partition coefficient (Wildman–Crippen LogP) is 1.47. The lowest BCUT2D eigenvalue weighted by Crippen LogP contribution is -2.31. The Kier molecular flexibility index (Phi) is 4.37. The van der Waals surface area contributed by atoms with Gasteiger partial charge in [0.1, 0.15) is 24.2 Å². The van der Waals surface area contributed by atoms with E-state index in [1.807, 2.05) is 31.5 Å². The molecule has 3 aromatic rings. The lowest BCUT2D eigenvalue weighted by Gasteiger charge is -2.15. The van der Waals surface area contributed by atoms with Crippen molar-refractivity contribution in [3.63, 3.8) is 0 Å². The molecule has 0 aliphatic rings. The van der Waals surface area contributed by atoms with Crippen LogP contribution in [0.25, 0.3) is 5.82 Å². The van der Waals surface area contributed by atoms with Crippen molar-refractivity contribution < 1.29 is 4.79 Å². The molecule has 3 rings (SSSR count). The van der Waals surface area contributed by atoms with E-state index in [9.17, 15) is 4.79 Å². The van der Waals surface area contributed by atoms with E-state index < -0.39 is 0 Å². The number of nitrogens with zero attached hydrogens (tertiary/aromatic N) is 6. The average molecular weight is 325 g/mol. The summed E-state index contributed by atoms with van der Waals surface area (Å²) in [5.74, 6) is 0.373. The summed E-state index contributed by atoms with van der Waals surface area (Å²) in [4.78, 5) is 16.7. The molecule has 0 bridgehead atoms.